The first-order valence-corrected chi connectivity index (χ1v) is 8.74. The molecule has 0 radical (unpaired) electrons. The van der Waals surface area contributed by atoms with E-state index in [-0.39, 0.29) is 0 Å². The first-order chi connectivity index (χ1) is 11.0. The lowest BCUT2D eigenvalue weighted by molar-refractivity contribution is -0.144. The van der Waals surface area contributed by atoms with Crippen molar-refractivity contribution in [2.24, 2.45) is 0 Å². The highest BCUT2D eigenvalue weighted by atomic mass is 32.2. The number of fused-ring (bicyclic) bond motifs is 1. The van der Waals surface area contributed by atoms with Gasteiger partial charge in [0.15, 0.2) is 5.54 Å². The lowest BCUT2D eigenvalue weighted by Crippen LogP contribution is -2.56. The Hall–Kier alpha value is -1.92. The second-order valence-corrected chi connectivity index (χ2v) is 6.78. The van der Waals surface area contributed by atoms with E-state index in [4.69, 9.17) is 0 Å². The van der Waals surface area contributed by atoms with E-state index in [2.05, 4.69) is 0 Å². The van der Waals surface area contributed by atoms with Crippen molar-refractivity contribution in [2.75, 3.05) is 4.31 Å². The molecule has 122 valence electrons. The molecular formula is C17H19NO4S. The summed E-state index contributed by atoms with van der Waals surface area (Å²) in [5.74, 6) is -1.03. The minimum atomic E-state index is -2.40. The second kappa shape index (κ2) is 6.29. The Labute approximate surface area is 137 Å². The summed E-state index contributed by atoms with van der Waals surface area (Å²) >= 11 is -2.40. The molecule has 1 fully saturated rings. The van der Waals surface area contributed by atoms with Crippen molar-refractivity contribution in [3.05, 3.63) is 42.5 Å². The Bertz CT molecular complexity index is 755. The summed E-state index contributed by atoms with van der Waals surface area (Å²) in [6, 6.07) is 13.0. The number of rotatable bonds is 4. The molecule has 23 heavy (non-hydrogen) atoms. The van der Waals surface area contributed by atoms with Crippen molar-refractivity contribution < 1.29 is 18.7 Å². The third kappa shape index (κ3) is 2.84. The van der Waals surface area contributed by atoms with E-state index in [0.717, 1.165) is 30.0 Å². The van der Waals surface area contributed by atoms with Gasteiger partial charge in [-0.05, 0) is 35.7 Å². The number of nitrogens with zero attached hydrogens (tertiary/aromatic N) is 1. The molecule has 0 heterocycles. The van der Waals surface area contributed by atoms with Crippen molar-refractivity contribution in [3.63, 3.8) is 0 Å². The zero-order valence-corrected chi connectivity index (χ0v) is 13.5. The number of hydrogen-bond acceptors (Lipinski definition) is 2. The molecule has 1 aliphatic rings. The van der Waals surface area contributed by atoms with Crippen molar-refractivity contribution >= 4 is 33.7 Å². The number of carboxylic acids is 1. The molecule has 2 N–H and O–H groups in total. The molecule has 1 atom stereocenters. The number of aliphatic carboxylic acids is 1. The van der Waals surface area contributed by atoms with Crippen LogP contribution in [0.15, 0.2) is 42.5 Å². The Morgan fingerprint density at radius 1 is 1.04 bits per heavy atom. The summed E-state index contributed by atoms with van der Waals surface area (Å²) in [6.07, 6.45) is 3.20. The fourth-order valence-electron chi connectivity index (χ4n) is 3.43. The lowest BCUT2D eigenvalue weighted by atomic mass is 9.81. The maximum atomic E-state index is 12.0. The molecule has 0 amide bonds. The third-order valence-electron chi connectivity index (χ3n) is 4.59. The third-order valence-corrected chi connectivity index (χ3v) is 5.46. The van der Waals surface area contributed by atoms with Crippen LogP contribution < -0.4 is 4.31 Å². The highest BCUT2D eigenvalue weighted by Gasteiger charge is 2.48. The molecule has 0 aromatic heterocycles. The van der Waals surface area contributed by atoms with Crippen molar-refractivity contribution in [3.8, 4) is 0 Å². The highest BCUT2D eigenvalue weighted by Crippen LogP contribution is 2.38. The number of anilines is 1. The Kier molecular flexibility index (Phi) is 4.37. The molecule has 2 aromatic carbocycles. The summed E-state index contributed by atoms with van der Waals surface area (Å²) in [6.45, 7) is 0. The van der Waals surface area contributed by atoms with Crippen LogP contribution in [0.2, 0.25) is 0 Å². The lowest BCUT2D eigenvalue weighted by Gasteiger charge is -2.41. The molecule has 1 unspecified atom stereocenters. The number of carboxylic acid groups (broad SMARTS) is 1. The van der Waals surface area contributed by atoms with E-state index in [9.17, 15) is 18.7 Å². The molecule has 1 saturated carbocycles. The van der Waals surface area contributed by atoms with Gasteiger partial charge in [-0.3, -0.25) is 8.86 Å². The summed E-state index contributed by atoms with van der Waals surface area (Å²) in [7, 11) is 0. The van der Waals surface area contributed by atoms with Crippen LogP contribution in [0.3, 0.4) is 0 Å². The van der Waals surface area contributed by atoms with Crippen molar-refractivity contribution in [2.45, 2.75) is 37.6 Å². The van der Waals surface area contributed by atoms with Gasteiger partial charge < -0.3 is 5.11 Å². The molecule has 6 heteroatoms. The molecular weight excluding hydrogens is 314 g/mol. The number of benzene rings is 2. The Morgan fingerprint density at radius 2 is 1.70 bits per heavy atom. The monoisotopic (exact) mass is 333 g/mol. The normalized spacial score (nSPS) is 18.5. The molecule has 0 saturated heterocycles. The average Bonchev–Trinajstić information content (AvgIpc) is 2.55. The van der Waals surface area contributed by atoms with Crippen LogP contribution in [-0.2, 0) is 16.1 Å². The zero-order valence-electron chi connectivity index (χ0n) is 12.6. The van der Waals surface area contributed by atoms with Gasteiger partial charge in [0, 0.05) is 0 Å². The predicted octanol–water partition coefficient (Wildman–Crippen LogP) is 3.57. The summed E-state index contributed by atoms with van der Waals surface area (Å²) < 4.78 is 23.0. The van der Waals surface area contributed by atoms with E-state index in [1.54, 1.807) is 12.1 Å². The van der Waals surface area contributed by atoms with E-state index >= 15 is 0 Å². The van der Waals surface area contributed by atoms with Crippen LogP contribution in [0, 0.1) is 0 Å². The second-order valence-electron chi connectivity index (χ2n) is 5.95. The molecule has 0 bridgehead atoms. The van der Waals surface area contributed by atoms with Gasteiger partial charge in [-0.25, -0.2) is 9.00 Å². The fourth-order valence-corrected chi connectivity index (χ4v) is 4.28. The SMILES string of the molecule is O=C(O)C1(N(c2ccc3ccccc3c2)S(=O)O)CCCCC1. The smallest absolute Gasteiger partial charge is 0.330 e. The van der Waals surface area contributed by atoms with Crippen molar-refractivity contribution in [1.29, 1.82) is 0 Å². The quantitative estimate of drug-likeness (QED) is 0.839. The van der Waals surface area contributed by atoms with Gasteiger partial charge in [-0.2, -0.15) is 0 Å². The van der Waals surface area contributed by atoms with Gasteiger partial charge in [0.2, 0.25) is 0 Å². The summed E-state index contributed by atoms with van der Waals surface area (Å²) in [4.78, 5) is 12.0. The van der Waals surface area contributed by atoms with Gasteiger partial charge in [0.05, 0.1) is 5.69 Å². The first-order valence-electron chi connectivity index (χ1n) is 7.68. The number of hydrogen-bond donors (Lipinski definition) is 2. The molecule has 2 aromatic rings. The highest BCUT2D eigenvalue weighted by molar-refractivity contribution is 7.80. The van der Waals surface area contributed by atoms with Crippen molar-refractivity contribution in [1.82, 2.24) is 0 Å². The van der Waals surface area contributed by atoms with E-state index in [1.165, 1.54) is 4.31 Å². The molecule has 5 nitrogen and oxygen atoms in total. The molecule has 0 aliphatic heterocycles. The molecule has 1 aliphatic carbocycles. The van der Waals surface area contributed by atoms with Crippen LogP contribution in [-0.4, -0.2) is 25.4 Å². The van der Waals surface area contributed by atoms with Gasteiger partial charge >= 0.3 is 5.97 Å². The summed E-state index contributed by atoms with van der Waals surface area (Å²) in [5.41, 5.74) is -0.853. The van der Waals surface area contributed by atoms with E-state index in [1.807, 2.05) is 30.3 Å². The van der Waals surface area contributed by atoms with E-state index < -0.39 is 22.8 Å². The number of carbonyl (C=O) groups is 1. The minimum absolute atomic E-state index is 0.376. The van der Waals surface area contributed by atoms with Gasteiger partial charge in [-0.1, -0.05) is 49.6 Å². The average molecular weight is 333 g/mol. The first kappa shape index (κ1) is 16.0. The van der Waals surface area contributed by atoms with Gasteiger partial charge in [0.25, 0.3) is 11.3 Å². The van der Waals surface area contributed by atoms with Crippen LogP contribution in [0.5, 0.6) is 0 Å². The molecule has 0 spiro atoms. The van der Waals surface area contributed by atoms with Crippen LogP contribution >= 0.6 is 0 Å². The van der Waals surface area contributed by atoms with E-state index in [0.29, 0.717) is 18.5 Å². The topological polar surface area (TPSA) is 77.8 Å². The van der Waals surface area contributed by atoms with Crippen LogP contribution in [0.1, 0.15) is 32.1 Å². The maximum absolute atomic E-state index is 12.0. The molecule has 3 rings (SSSR count). The zero-order chi connectivity index (χ0) is 16.4. The Morgan fingerprint density at radius 3 is 2.30 bits per heavy atom. The van der Waals surface area contributed by atoms with Gasteiger partial charge in [0.1, 0.15) is 0 Å². The summed E-state index contributed by atoms with van der Waals surface area (Å²) in [5, 5.41) is 11.7. The fraction of sp³-hybridized carbons (Fsp3) is 0.353. The Balaban J connectivity index is 2.12. The minimum Gasteiger partial charge on any atom is -0.479 e. The van der Waals surface area contributed by atoms with Gasteiger partial charge in [-0.15, -0.1) is 0 Å². The predicted molar refractivity (Wildman–Crippen MR) is 90.7 cm³/mol. The largest absolute Gasteiger partial charge is 0.479 e. The standard InChI is InChI=1S/C17H19NO4S/c19-16(20)17(10-4-1-5-11-17)18(23(21)22)15-9-8-13-6-2-3-7-14(13)12-15/h2-3,6-9,12H,1,4-5,10-11H2,(H,19,20)(H,21,22). The van der Waals surface area contributed by atoms with Crippen LogP contribution in [0.25, 0.3) is 10.8 Å². The van der Waals surface area contributed by atoms with Crippen LogP contribution in [0.4, 0.5) is 5.69 Å². The maximum Gasteiger partial charge on any atom is 0.330 e.